The molecule has 1 aromatic carbocycles. The number of ether oxygens (including phenoxy) is 3. The van der Waals surface area contributed by atoms with Gasteiger partial charge in [0.1, 0.15) is 41.2 Å². The molecule has 1 aromatic heterocycles. The molecule has 34 heavy (non-hydrogen) atoms. The van der Waals surface area contributed by atoms with E-state index in [-0.39, 0.29) is 35.4 Å². The SMILES string of the molecule is CC(=O)C[C@@H](C)COC1CCC(Oc2nc3c(F)c(C#N)c(OCC(F)F)c(F)c3n2C)CC1. The van der Waals surface area contributed by atoms with Crippen molar-refractivity contribution in [2.45, 2.75) is 64.6 Å². The normalized spacial score (nSPS) is 19.3. The van der Waals surface area contributed by atoms with Crippen molar-refractivity contribution < 1.29 is 36.6 Å². The minimum absolute atomic E-state index is 0.0392. The predicted octanol–water partition coefficient (Wildman–Crippen LogP) is 4.69. The van der Waals surface area contributed by atoms with Gasteiger partial charge in [0.2, 0.25) is 0 Å². The van der Waals surface area contributed by atoms with Crippen molar-refractivity contribution in [1.82, 2.24) is 9.55 Å². The number of imidazole rings is 1. The molecule has 2 aromatic rings. The summed E-state index contributed by atoms with van der Waals surface area (Å²) in [5.74, 6) is -2.93. The van der Waals surface area contributed by atoms with Gasteiger partial charge in [0, 0.05) is 20.1 Å². The molecule has 3 rings (SSSR count). The topological polar surface area (TPSA) is 86.4 Å². The first kappa shape index (κ1) is 25.7. The van der Waals surface area contributed by atoms with Crippen molar-refractivity contribution in [2.24, 2.45) is 13.0 Å². The van der Waals surface area contributed by atoms with Crippen molar-refractivity contribution in [3.8, 4) is 17.8 Å². The fraction of sp³-hybridized carbons (Fsp3) is 0.609. The molecule has 11 heteroatoms. The lowest BCUT2D eigenvalue weighted by atomic mass is 9.95. The van der Waals surface area contributed by atoms with Gasteiger partial charge >= 0.3 is 0 Å². The van der Waals surface area contributed by atoms with Crippen LogP contribution in [-0.2, 0) is 16.6 Å². The standard InChI is InChI=1S/C23H27F4N3O4/c1-12(8-13(2)31)10-32-14-4-6-15(7-5-14)34-23-29-20-18(26)16(9-28)22(33-11-17(24)25)19(27)21(20)30(23)3/h12,14-15,17H,4-8,10-11H2,1-3H3/t12-,14?,15?/m1/s1. The molecule has 1 aliphatic carbocycles. The number of benzene rings is 1. The van der Waals surface area contributed by atoms with Crippen LogP contribution in [0.25, 0.3) is 11.0 Å². The van der Waals surface area contributed by atoms with Crippen LogP contribution in [0, 0.1) is 28.9 Å². The maximum atomic E-state index is 15.0. The first-order valence-corrected chi connectivity index (χ1v) is 11.1. The number of hydrogen-bond donors (Lipinski definition) is 0. The number of Topliss-reactive ketones (excluding diaryl/α,β-unsaturated/α-hetero) is 1. The summed E-state index contributed by atoms with van der Waals surface area (Å²) in [7, 11) is 1.40. The first-order valence-electron chi connectivity index (χ1n) is 11.1. The zero-order valence-corrected chi connectivity index (χ0v) is 19.2. The van der Waals surface area contributed by atoms with Crippen LogP contribution in [0.4, 0.5) is 17.6 Å². The molecule has 1 aliphatic rings. The van der Waals surface area contributed by atoms with Gasteiger partial charge in [-0.1, -0.05) is 6.92 Å². The number of carbonyl (C=O) groups excluding carboxylic acids is 1. The van der Waals surface area contributed by atoms with Crippen LogP contribution in [0.1, 0.15) is 51.5 Å². The van der Waals surface area contributed by atoms with Crippen molar-refractivity contribution in [1.29, 1.82) is 5.26 Å². The second kappa shape index (κ2) is 11.0. The zero-order chi connectivity index (χ0) is 25.0. The number of aromatic nitrogens is 2. The first-order chi connectivity index (χ1) is 16.1. The lowest BCUT2D eigenvalue weighted by Gasteiger charge is -2.29. The molecule has 0 N–H and O–H groups in total. The lowest BCUT2D eigenvalue weighted by molar-refractivity contribution is -0.118. The number of nitriles is 1. The lowest BCUT2D eigenvalue weighted by Crippen LogP contribution is -2.30. The van der Waals surface area contributed by atoms with E-state index in [1.807, 2.05) is 6.92 Å². The summed E-state index contributed by atoms with van der Waals surface area (Å²) in [4.78, 5) is 15.2. The van der Waals surface area contributed by atoms with E-state index in [2.05, 4.69) is 4.98 Å². The maximum absolute atomic E-state index is 15.0. The van der Waals surface area contributed by atoms with Gasteiger partial charge in [-0.3, -0.25) is 4.57 Å². The maximum Gasteiger partial charge on any atom is 0.297 e. The van der Waals surface area contributed by atoms with E-state index >= 15 is 4.39 Å². The highest BCUT2D eigenvalue weighted by Crippen LogP contribution is 2.36. The molecule has 7 nitrogen and oxygen atoms in total. The third-order valence-electron chi connectivity index (χ3n) is 5.73. The van der Waals surface area contributed by atoms with Gasteiger partial charge in [-0.15, -0.1) is 0 Å². The molecule has 0 bridgehead atoms. The van der Waals surface area contributed by atoms with E-state index in [0.29, 0.717) is 38.7 Å². The van der Waals surface area contributed by atoms with Crippen LogP contribution in [0.15, 0.2) is 0 Å². The van der Waals surface area contributed by atoms with Gasteiger partial charge in [0.05, 0.1) is 6.10 Å². The highest BCUT2D eigenvalue weighted by Gasteiger charge is 2.29. The smallest absolute Gasteiger partial charge is 0.297 e. The molecular formula is C23H27F4N3O4. The van der Waals surface area contributed by atoms with E-state index in [1.165, 1.54) is 17.7 Å². The van der Waals surface area contributed by atoms with Crippen LogP contribution in [0.3, 0.4) is 0 Å². The molecule has 1 atom stereocenters. The van der Waals surface area contributed by atoms with Gasteiger partial charge in [-0.05, 0) is 38.5 Å². The van der Waals surface area contributed by atoms with Crippen LogP contribution >= 0.6 is 0 Å². The average molecular weight is 485 g/mol. The fourth-order valence-electron chi connectivity index (χ4n) is 4.12. The Morgan fingerprint density at radius 2 is 1.82 bits per heavy atom. The number of hydrogen-bond acceptors (Lipinski definition) is 6. The number of nitrogens with zero attached hydrogens (tertiary/aromatic N) is 3. The molecule has 0 aliphatic heterocycles. The Kier molecular flexibility index (Phi) is 8.36. The summed E-state index contributed by atoms with van der Waals surface area (Å²) in [6, 6.07) is 1.40. The van der Waals surface area contributed by atoms with E-state index in [4.69, 9.17) is 14.2 Å². The number of halogens is 4. The van der Waals surface area contributed by atoms with Crippen molar-refractivity contribution in [3.63, 3.8) is 0 Å². The van der Waals surface area contributed by atoms with Crippen LogP contribution in [0.5, 0.6) is 11.8 Å². The Labute approximate surface area is 194 Å². The molecule has 1 fully saturated rings. The Hall–Kier alpha value is -2.87. The summed E-state index contributed by atoms with van der Waals surface area (Å²) in [5, 5.41) is 9.21. The van der Waals surface area contributed by atoms with E-state index in [0.717, 1.165) is 0 Å². The molecular weight excluding hydrogens is 458 g/mol. The van der Waals surface area contributed by atoms with Crippen LogP contribution in [0.2, 0.25) is 0 Å². The van der Waals surface area contributed by atoms with Crippen LogP contribution in [-0.4, -0.2) is 47.2 Å². The number of carbonyl (C=O) groups is 1. The highest BCUT2D eigenvalue weighted by atomic mass is 19.3. The van der Waals surface area contributed by atoms with Crippen molar-refractivity contribution in [3.05, 3.63) is 17.2 Å². The van der Waals surface area contributed by atoms with E-state index in [1.54, 1.807) is 6.92 Å². The molecule has 0 saturated heterocycles. The molecule has 0 unspecified atom stereocenters. The van der Waals surface area contributed by atoms with Crippen molar-refractivity contribution in [2.75, 3.05) is 13.2 Å². The van der Waals surface area contributed by atoms with Crippen molar-refractivity contribution >= 4 is 16.8 Å². The molecule has 186 valence electrons. The largest absolute Gasteiger partial charge is 0.483 e. The zero-order valence-electron chi connectivity index (χ0n) is 19.2. The van der Waals surface area contributed by atoms with E-state index < -0.39 is 41.5 Å². The van der Waals surface area contributed by atoms with Gasteiger partial charge < -0.3 is 19.0 Å². The fourth-order valence-corrected chi connectivity index (χ4v) is 4.12. The molecule has 0 amide bonds. The average Bonchev–Trinajstić information content (AvgIpc) is 3.10. The van der Waals surface area contributed by atoms with Crippen LogP contribution < -0.4 is 9.47 Å². The Bertz CT molecular complexity index is 1070. The second-order valence-electron chi connectivity index (χ2n) is 8.66. The third-order valence-corrected chi connectivity index (χ3v) is 5.73. The highest BCUT2D eigenvalue weighted by molar-refractivity contribution is 5.83. The monoisotopic (exact) mass is 485 g/mol. The van der Waals surface area contributed by atoms with Gasteiger partial charge in [-0.25, -0.2) is 17.6 Å². The summed E-state index contributed by atoms with van der Waals surface area (Å²) < 4.78 is 72.6. The quantitative estimate of drug-likeness (QED) is 0.454. The number of aryl methyl sites for hydroxylation is 1. The summed E-state index contributed by atoms with van der Waals surface area (Å²) in [5.41, 5.74) is -1.60. The molecule has 0 spiro atoms. The van der Waals surface area contributed by atoms with Gasteiger partial charge in [0.15, 0.2) is 17.4 Å². The Morgan fingerprint density at radius 1 is 1.18 bits per heavy atom. The number of alkyl halides is 2. The minimum atomic E-state index is -2.92. The summed E-state index contributed by atoms with van der Waals surface area (Å²) >= 11 is 0. The summed E-state index contributed by atoms with van der Waals surface area (Å²) in [6.45, 7) is 2.82. The number of rotatable bonds is 10. The van der Waals surface area contributed by atoms with Gasteiger partial charge in [-0.2, -0.15) is 10.2 Å². The predicted molar refractivity (Wildman–Crippen MR) is 114 cm³/mol. The number of fused-ring (bicyclic) bond motifs is 1. The minimum Gasteiger partial charge on any atom is -0.483 e. The molecule has 0 radical (unpaired) electrons. The second-order valence-corrected chi connectivity index (χ2v) is 8.66. The molecule has 1 heterocycles. The molecule has 1 saturated carbocycles. The van der Waals surface area contributed by atoms with Gasteiger partial charge in [0.25, 0.3) is 12.4 Å². The Morgan fingerprint density at radius 3 is 2.41 bits per heavy atom. The van der Waals surface area contributed by atoms with E-state index in [9.17, 15) is 23.2 Å². The third kappa shape index (κ3) is 5.78. The Balaban J connectivity index is 1.71. The number of ketones is 1. The summed E-state index contributed by atoms with van der Waals surface area (Å²) in [6.07, 6.45) is 0.0201.